The highest BCUT2D eigenvalue weighted by Gasteiger charge is 2.28. The van der Waals surface area contributed by atoms with Crippen molar-refractivity contribution >= 4 is 5.91 Å². The van der Waals surface area contributed by atoms with Gasteiger partial charge < -0.3 is 4.90 Å². The predicted molar refractivity (Wildman–Crippen MR) is 55.9 cm³/mol. The zero-order chi connectivity index (χ0) is 9.97. The molecular weight excluding hydrogens is 174 g/mol. The molecule has 0 aliphatic carbocycles. The average Bonchev–Trinajstić information content (AvgIpc) is 2.52. The standard InChI is InChI=1S/C12H15NO/c1-13-8-7-11(12(13)14)9-10-5-3-2-4-6-10/h2-6,11H,7-9H2,1H3/t11-/m1/s1. The molecule has 2 rings (SSSR count). The maximum Gasteiger partial charge on any atom is 0.225 e. The summed E-state index contributed by atoms with van der Waals surface area (Å²) in [5.41, 5.74) is 1.26. The highest BCUT2D eigenvalue weighted by atomic mass is 16.2. The van der Waals surface area contributed by atoms with Crippen LogP contribution in [0.3, 0.4) is 0 Å². The van der Waals surface area contributed by atoms with Crippen LogP contribution in [0.25, 0.3) is 0 Å². The summed E-state index contributed by atoms with van der Waals surface area (Å²) in [4.78, 5) is 13.5. The fourth-order valence-electron chi connectivity index (χ4n) is 1.98. The van der Waals surface area contributed by atoms with E-state index < -0.39 is 0 Å². The summed E-state index contributed by atoms with van der Waals surface area (Å²) in [6.07, 6.45) is 1.90. The summed E-state index contributed by atoms with van der Waals surface area (Å²) < 4.78 is 0. The van der Waals surface area contributed by atoms with Crippen LogP contribution in [0.4, 0.5) is 0 Å². The van der Waals surface area contributed by atoms with Crippen LogP contribution in [0.2, 0.25) is 0 Å². The number of likely N-dealkylation sites (tertiary alicyclic amines) is 1. The molecule has 1 saturated heterocycles. The van der Waals surface area contributed by atoms with E-state index >= 15 is 0 Å². The van der Waals surface area contributed by atoms with Crippen molar-refractivity contribution in [2.45, 2.75) is 12.8 Å². The topological polar surface area (TPSA) is 20.3 Å². The number of amides is 1. The summed E-state index contributed by atoms with van der Waals surface area (Å²) in [7, 11) is 1.88. The quantitative estimate of drug-likeness (QED) is 0.693. The molecule has 1 atom stereocenters. The molecule has 1 aliphatic heterocycles. The minimum Gasteiger partial charge on any atom is -0.345 e. The van der Waals surface area contributed by atoms with Crippen molar-refractivity contribution in [1.29, 1.82) is 0 Å². The first-order chi connectivity index (χ1) is 6.77. The summed E-state index contributed by atoms with van der Waals surface area (Å²) in [5.74, 6) is 0.510. The first-order valence-corrected chi connectivity index (χ1v) is 5.06. The van der Waals surface area contributed by atoms with Crippen molar-refractivity contribution in [3.05, 3.63) is 35.9 Å². The van der Waals surface area contributed by atoms with Crippen molar-refractivity contribution in [2.24, 2.45) is 5.92 Å². The van der Waals surface area contributed by atoms with Gasteiger partial charge in [0.1, 0.15) is 0 Å². The van der Waals surface area contributed by atoms with Crippen LogP contribution in [0.15, 0.2) is 30.3 Å². The second-order valence-corrected chi connectivity index (χ2v) is 3.94. The molecule has 1 aromatic rings. The highest BCUT2D eigenvalue weighted by molar-refractivity contribution is 5.80. The molecule has 2 heteroatoms. The van der Waals surface area contributed by atoms with Gasteiger partial charge in [-0.15, -0.1) is 0 Å². The molecule has 1 aromatic carbocycles. The van der Waals surface area contributed by atoms with Crippen LogP contribution >= 0.6 is 0 Å². The van der Waals surface area contributed by atoms with Gasteiger partial charge in [-0.1, -0.05) is 30.3 Å². The van der Waals surface area contributed by atoms with Gasteiger partial charge in [0.15, 0.2) is 0 Å². The number of rotatable bonds is 2. The lowest BCUT2D eigenvalue weighted by molar-refractivity contribution is -0.129. The molecule has 0 radical (unpaired) electrons. The van der Waals surface area contributed by atoms with Crippen molar-refractivity contribution in [3.63, 3.8) is 0 Å². The molecule has 0 bridgehead atoms. The summed E-state index contributed by atoms with van der Waals surface area (Å²) in [5, 5.41) is 0. The van der Waals surface area contributed by atoms with Crippen LogP contribution in [-0.4, -0.2) is 24.4 Å². The summed E-state index contributed by atoms with van der Waals surface area (Å²) >= 11 is 0. The Bertz CT molecular complexity index is 320. The minimum atomic E-state index is 0.211. The smallest absolute Gasteiger partial charge is 0.225 e. The fourth-order valence-corrected chi connectivity index (χ4v) is 1.98. The van der Waals surface area contributed by atoms with Crippen molar-refractivity contribution < 1.29 is 4.79 Å². The summed E-state index contributed by atoms with van der Waals surface area (Å²) in [6.45, 7) is 0.913. The molecule has 1 heterocycles. The van der Waals surface area contributed by atoms with Gasteiger partial charge >= 0.3 is 0 Å². The monoisotopic (exact) mass is 189 g/mol. The lowest BCUT2D eigenvalue weighted by atomic mass is 9.98. The lowest BCUT2D eigenvalue weighted by Gasteiger charge is -2.09. The molecule has 2 nitrogen and oxygen atoms in total. The first kappa shape index (κ1) is 9.25. The van der Waals surface area contributed by atoms with Gasteiger partial charge in [-0.05, 0) is 18.4 Å². The molecule has 74 valence electrons. The van der Waals surface area contributed by atoms with Gasteiger partial charge in [0.05, 0.1) is 0 Å². The Hall–Kier alpha value is -1.31. The van der Waals surface area contributed by atoms with Crippen molar-refractivity contribution in [1.82, 2.24) is 4.90 Å². The first-order valence-electron chi connectivity index (χ1n) is 5.06. The predicted octanol–water partition coefficient (Wildman–Crippen LogP) is 1.71. The maximum atomic E-state index is 11.6. The van der Waals surface area contributed by atoms with E-state index in [4.69, 9.17) is 0 Å². The van der Waals surface area contributed by atoms with E-state index in [1.807, 2.05) is 30.1 Å². The maximum absolute atomic E-state index is 11.6. The number of hydrogen-bond acceptors (Lipinski definition) is 1. The SMILES string of the molecule is CN1CC[C@H](Cc2ccccc2)C1=O. The summed E-state index contributed by atoms with van der Waals surface area (Å²) in [6, 6.07) is 10.2. The highest BCUT2D eigenvalue weighted by Crippen LogP contribution is 2.20. The van der Waals surface area contributed by atoms with Crippen molar-refractivity contribution in [3.8, 4) is 0 Å². The fraction of sp³-hybridized carbons (Fsp3) is 0.417. The van der Waals surface area contributed by atoms with Gasteiger partial charge in [-0.2, -0.15) is 0 Å². The second kappa shape index (κ2) is 3.82. The molecule has 0 N–H and O–H groups in total. The van der Waals surface area contributed by atoms with Crippen LogP contribution < -0.4 is 0 Å². The molecule has 0 saturated carbocycles. The van der Waals surface area contributed by atoms with E-state index in [1.54, 1.807) is 0 Å². The molecular formula is C12H15NO. The Morgan fingerprint density at radius 1 is 1.36 bits per heavy atom. The van der Waals surface area contributed by atoms with E-state index in [-0.39, 0.29) is 5.92 Å². The Morgan fingerprint density at radius 2 is 2.07 bits per heavy atom. The van der Waals surface area contributed by atoms with E-state index in [0.717, 1.165) is 19.4 Å². The molecule has 14 heavy (non-hydrogen) atoms. The molecule has 0 unspecified atom stereocenters. The Balaban J connectivity index is 2.02. The Morgan fingerprint density at radius 3 is 2.64 bits per heavy atom. The number of carbonyl (C=O) groups is 1. The third kappa shape index (κ3) is 1.79. The number of hydrogen-bond donors (Lipinski definition) is 0. The third-order valence-corrected chi connectivity index (χ3v) is 2.86. The van der Waals surface area contributed by atoms with Gasteiger partial charge in [0, 0.05) is 19.5 Å². The van der Waals surface area contributed by atoms with Crippen LogP contribution in [-0.2, 0) is 11.2 Å². The van der Waals surface area contributed by atoms with E-state index in [1.165, 1.54) is 5.56 Å². The normalized spacial score (nSPS) is 21.6. The average molecular weight is 189 g/mol. The molecule has 0 spiro atoms. The van der Waals surface area contributed by atoms with Gasteiger partial charge in [-0.3, -0.25) is 4.79 Å². The molecule has 1 fully saturated rings. The number of benzene rings is 1. The molecule has 0 aromatic heterocycles. The van der Waals surface area contributed by atoms with E-state index in [2.05, 4.69) is 12.1 Å². The minimum absolute atomic E-state index is 0.211. The lowest BCUT2D eigenvalue weighted by Crippen LogP contribution is -2.23. The van der Waals surface area contributed by atoms with Gasteiger partial charge in [0.25, 0.3) is 0 Å². The zero-order valence-corrected chi connectivity index (χ0v) is 8.44. The van der Waals surface area contributed by atoms with E-state index in [0.29, 0.717) is 5.91 Å². The Kier molecular flexibility index (Phi) is 2.53. The second-order valence-electron chi connectivity index (χ2n) is 3.94. The largest absolute Gasteiger partial charge is 0.345 e. The van der Waals surface area contributed by atoms with E-state index in [9.17, 15) is 4.79 Å². The molecule has 1 aliphatic rings. The number of nitrogens with zero attached hydrogens (tertiary/aromatic N) is 1. The van der Waals surface area contributed by atoms with Gasteiger partial charge in [-0.25, -0.2) is 0 Å². The van der Waals surface area contributed by atoms with Crippen LogP contribution in [0, 0.1) is 5.92 Å². The van der Waals surface area contributed by atoms with Crippen LogP contribution in [0.1, 0.15) is 12.0 Å². The van der Waals surface area contributed by atoms with Gasteiger partial charge in [0.2, 0.25) is 5.91 Å². The van der Waals surface area contributed by atoms with Crippen LogP contribution in [0.5, 0.6) is 0 Å². The van der Waals surface area contributed by atoms with Crippen molar-refractivity contribution in [2.75, 3.05) is 13.6 Å². The zero-order valence-electron chi connectivity index (χ0n) is 8.44. The third-order valence-electron chi connectivity index (χ3n) is 2.86. The molecule has 1 amide bonds. The number of carbonyl (C=O) groups excluding carboxylic acids is 1. The Labute approximate surface area is 84.5 Å².